The molecule has 0 radical (unpaired) electrons. The van der Waals surface area contributed by atoms with Crippen molar-refractivity contribution in [3.8, 4) is 0 Å². The summed E-state index contributed by atoms with van der Waals surface area (Å²) in [4.78, 5) is 0.733. The van der Waals surface area contributed by atoms with Crippen LogP contribution in [0.3, 0.4) is 0 Å². The Morgan fingerprint density at radius 2 is 2.00 bits per heavy atom. The Morgan fingerprint density at radius 1 is 1.29 bits per heavy atom. The van der Waals surface area contributed by atoms with Crippen molar-refractivity contribution >= 4 is 11.8 Å². The van der Waals surface area contributed by atoms with Crippen molar-refractivity contribution in [2.45, 2.75) is 50.3 Å². The molecule has 0 aliphatic rings. The minimum absolute atomic E-state index is 0.0445. The maximum atomic E-state index is 13.8. The van der Waals surface area contributed by atoms with Crippen LogP contribution in [0.1, 0.15) is 39.7 Å². The zero-order valence-corrected chi connectivity index (χ0v) is 12.0. The summed E-state index contributed by atoms with van der Waals surface area (Å²) in [5, 5.41) is 3.27. The van der Waals surface area contributed by atoms with Crippen LogP contribution in [0.4, 0.5) is 4.39 Å². The lowest BCUT2D eigenvalue weighted by molar-refractivity contribution is 0.593. The van der Waals surface area contributed by atoms with Crippen LogP contribution in [0, 0.1) is 5.82 Å². The Bertz CT molecular complexity index is 358. The van der Waals surface area contributed by atoms with E-state index in [1.165, 1.54) is 0 Å². The van der Waals surface area contributed by atoms with Crippen molar-refractivity contribution in [2.24, 2.45) is 0 Å². The van der Waals surface area contributed by atoms with Crippen molar-refractivity contribution in [2.75, 3.05) is 6.54 Å². The highest BCUT2D eigenvalue weighted by Crippen LogP contribution is 2.33. The normalized spacial score (nSPS) is 11.8. The van der Waals surface area contributed by atoms with Gasteiger partial charge in [0.25, 0.3) is 0 Å². The first-order valence-corrected chi connectivity index (χ1v) is 6.92. The van der Waals surface area contributed by atoms with E-state index >= 15 is 0 Å². The molecule has 0 heterocycles. The van der Waals surface area contributed by atoms with Gasteiger partial charge in [0.2, 0.25) is 0 Å². The van der Waals surface area contributed by atoms with Gasteiger partial charge in [0.1, 0.15) is 5.82 Å². The number of rotatable bonds is 5. The number of hydrogen-bond acceptors (Lipinski definition) is 2. The molecular weight excluding hydrogens is 233 g/mol. The van der Waals surface area contributed by atoms with Crippen LogP contribution in [0.15, 0.2) is 23.1 Å². The minimum Gasteiger partial charge on any atom is -0.313 e. The lowest BCUT2D eigenvalue weighted by atomic mass is 10.2. The van der Waals surface area contributed by atoms with E-state index < -0.39 is 0 Å². The zero-order valence-electron chi connectivity index (χ0n) is 11.1. The second-order valence-electron chi connectivity index (χ2n) is 5.16. The Kier molecular flexibility index (Phi) is 5.47. The highest BCUT2D eigenvalue weighted by molar-refractivity contribution is 8.00. The van der Waals surface area contributed by atoms with Crippen molar-refractivity contribution in [3.63, 3.8) is 0 Å². The Balaban J connectivity index is 2.66. The maximum absolute atomic E-state index is 13.8. The van der Waals surface area contributed by atoms with E-state index in [1.54, 1.807) is 17.8 Å². The van der Waals surface area contributed by atoms with Gasteiger partial charge in [0.15, 0.2) is 0 Å². The summed E-state index contributed by atoms with van der Waals surface area (Å²) in [6.07, 6.45) is 1.10. The molecule has 1 nitrogen and oxygen atoms in total. The first-order chi connectivity index (χ1) is 7.92. The van der Waals surface area contributed by atoms with E-state index in [-0.39, 0.29) is 10.6 Å². The summed E-state index contributed by atoms with van der Waals surface area (Å²) < 4.78 is 13.9. The van der Waals surface area contributed by atoms with Crippen molar-refractivity contribution in [1.29, 1.82) is 0 Å². The van der Waals surface area contributed by atoms with Gasteiger partial charge in [-0.05, 0) is 30.7 Å². The van der Waals surface area contributed by atoms with E-state index in [2.05, 4.69) is 33.0 Å². The molecule has 17 heavy (non-hydrogen) atoms. The third-order valence-corrected chi connectivity index (χ3v) is 3.33. The number of benzene rings is 1. The molecule has 96 valence electrons. The molecular formula is C14H22FNS. The van der Waals surface area contributed by atoms with Gasteiger partial charge < -0.3 is 5.32 Å². The Labute approximate surface area is 108 Å². The molecule has 0 saturated carbocycles. The van der Waals surface area contributed by atoms with Gasteiger partial charge in [0, 0.05) is 16.2 Å². The second-order valence-corrected chi connectivity index (χ2v) is 7.02. The predicted molar refractivity (Wildman–Crippen MR) is 74.0 cm³/mol. The molecule has 0 unspecified atom stereocenters. The van der Waals surface area contributed by atoms with E-state index in [0.717, 1.165) is 30.0 Å². The second kappa shape index (κ2) is 6.41. The van der Waals surface area contributed by atoms with Gasteiger partial charge in [0.05, 0.1) is 0 Å². The molecule has 3 heteroatoms. The van der Waals surface area contributed by atoms with E-state index in [1.807, 2.05) is 12.1 Å². The molecule has 0 saturated heterocycles. The van der Waals surface area contributed by atoms with Gasteiger partial charge in [-0.3, -0.25) is 0 Å². The highest BCUT2D eigenvalue weighted by atomic mass is 32.2. The maximum Gasteiger partial charge on any atom is 0.137 e. The first kappa shape index (κ1) is 14.5. The fraction of sp³-hybridized carbons (Fsp3) is 0.571. The molecule has 0 aliphatic carbocycles. The molecule has 1 rings (SSSR count). The summed E-state index contributed by atoms with van der Waals surface area (Å²) in [6, 6.07) is 5.52. The van der Waals surface area contributed by atoms with Crippen LogP contribution in [-0.4, -0.2) is 11.3 Å². The Hall–Kier alpha value is -0.540. The molecule has 1 N–H and O–H groups in total. The van der Waals surface area contributed by atoms with E-state index in [0.29, 0.717) is 0 Å². The molecule has 0 atom stereocenters. The van der Waals surface area contributed by atoms with Crippen LogP contribution >= 0.6 is 11.8 Å². The van der Waals surface area contributed by atoms with Gasteiger partial charge in [-0.15, -0.1) is 11.8 Å². The molecule has 0 bridgehead atoms. The fourth-order valence-electron chi connectivity index (χ4n) is 1.48. The van der Waals surface area contributed by atoms with E-state index in [9.17, 15) is 4.39 Å². The summed E-state index contributed by atoms with van der Waals surface area (Å²) in [5.74, 6) is -0.110. The molecule has 0 spiro atoms. The molecule has 0 amide bonds. The van der Waals surface area contributed by atoms with Crippen molar-refractivity contribution in [1.82, 2.24) is 5.32 Å². The molecule has 1 aromatic rings. The summed E-state index contributed by atoms with van der Waals surface area (Å²) in [5.41, 5.74) is 1.01. The lowest BCUT2D eigenvalue weighted by Gasteiger charge is -2.18. The number of thioether (sulfide) groups is 1. The summed E-state index contributed by atoms with van der Waals surface area (Å²) in [7, 11) is 0. The quantitative estimate of drug-likeness (QED) is 0.624. The van der Waals surface area contributed by atoms with Gasteiger partial charge in [-0.25, -0.2) is 4.39 Å². The van der Waals surface area contributed by atoms with Gasteiger partial charge >= 0.3 is 0 Å². The Morgan fingerprint density at radius 3 is 2.53 bits per heavy atom. The molecule has 0 aliphatic heterocycles. The van der Waals surface area contributed by atoms with E-state index in [4.69, 9.17) is 0 Å². The van der Waals surface area contributed by atoms with Crippen LogP contribution in [0.25, 0.3) is 0 Å². The van der Waals surface area contributed by atoms with Crippen LogP contribution in [-0.2, 0) is 6.54 Å². The van der Waals surface area contributed by atoms with Crippen LogP contribution in [0.5, 0.6) is 0 Å². The minimum atomic E-state index is -0.110. The number of halogens is 1. The highest BCUT2D eigenvalue weighted by Gasteiger charge is 2.15. The lowest BCUT2D eigenvalue weighted by Crippen LogP contribution is -2.14. The fourth-order valence-corrected chi connectivity index (χ4v) is 2.43. The zero-order chi connectivity index (χ0) is 12.9. The van der Waals surface area contributed by atoms with Gasteiger partial charge in [-0.2, -0.15) is 0 Å². The smallest absolute Gasteiger partial charge is 0.137 e. The molecule has 1 aromatic carbocycles. The monoisotopic (exact) mass is 255 g/mol. The average molecular weight is 255 g/mol. The third-order valence-electron chi connectivity index (χ3n) is 2.17. The van der Waals surface area contributed by atoms with Crippen LogP contribution in [0.2, 0.25) is 0 Å². The van der Waals surface area contributed by atoms with Crippen LogP contribution < -0.4 is 5.32 Å². The predicted octanol–water partition coefficient (Wildman–Crippen LogP) is 4.22. The largest absolute Gasteiger partial charge is 0.313 e. The third kappa shape index (κ3) is 5.55. The van der Waals surface area contributed by atoms with Crippen molar-refractivity contribution < 1.29 is 4.39 Å². The SMILES string of the molecule is CCCNCc1ccc(SC(C)(C)C)c(F)c1. The van der Waals surface area contributed by atoms with Crippen molar-refractivity contribution in [3.05, 3.63) is 29.6 Å². The number of nitrogens with one attached hydrogen (secondary N) is 1. The van der Waals surface area contributed by atoms with Gasteiger partial charge in [-0.1, -0.05) is 33.8 Å². The number of hydrogen-bond donors (Lipinski definition) is 1. The first-order valence-electron chi connectivity index (χ1n) is 6.10. The molecule has 0 aromatic heterocycles. The molecule has 0 fully saturated rings. The standard InChI is InChI=1S/C14H22FNS/c1-5-8-16-10-11-6-7-13(12(15)9-11)17-14(2,3)4/h6-7,9,16H,5,8,10H2,1-4H3. The topological polar surface area (TPSA) is 12.0 Å². The average Bonchev–Trinajstić information content (AvgIpc) is 2.21. The summed E-state index contributed by atoms with van der Waals surface area (Å²) in [6.45, 7) is 10.1. The summed E-state index contributed by atoms with van der Waals surface area (Å²) >= 11 is 1.57.